The number of carbonyl (C=O) groups excluding carboxylic acids is 3. The van der Waals surface area contributed by atoms with Gasteiger partial charge in [-0.25, -0.2) is 4.79 Å². The number of hydrogen-bond acceptors (Lipinski definition) is 7. The summed E-state index contributed by atoms with van der Waals surface area (Å²) in [5.41, 5.74) is 1.87. The van der Waals surface area contributed by atoms with E-state index in [1.54, 1.807) is 0 Å². The molecule has 7 nitrogen and oxygen atoms in total. The van der Waals surface area contributed by atoms with Gasteiger partial charge in [0.2, 0.25) is 0 Å². The molecule has 0 spiro atoms. The predicted molar refractivity (Wildman–Crippen MR) is 113 cm³/mol. The van der Waals surface area contributed by atoms with Crippen LogP contribution in [0, 0.1) is 5.92 Å². The van der Waals surface area contributed by atoms with Gasteiger partial charge in [-0.15, -0.1) is 0 Å². The Hall–Kier alpha value is -2.41. The van der Waals surface area contributed by atoms with Crippen molar-refractivity contribution in [3.63, 3.8) is 0 Å². The third-order valence-corrected chi connectivity index (χ3v) is 6.19. The zero-order valence-electron chi connectivity index (χ0n) is 18.9. The largest absolute Gasteiger partial charge is 0.461 e. The fourth-order valence-corrected chi connectivity index (χ4v) is 4.68. The highest BCUT2D eigenvalue weighted by Gasteiger charge is 2.63. The summed E-state index contributed by atoms with van der Waals surface area (Å²) < 4.78 is 22.8. The van der Waals surface area contributed by atoms with Crippen LogP contribution < -0.4 is 0 Å². The van der Waals surface area contributed by atoms with E-state index in [-0.39, 0.29) is 12.1 Å². The van der Waals surface area contributed by atoms with Crippen LogP contribution in [0.5, 0.6) is 0 Å². The van der Waals surface area contributed by atoms with Crippen LogP contribution in [-0.4, -0.2) is 47.9 Å². The first-order valence-corrected chi connectivity index (χ1v) is 10.7. The smallest absolute Gasteiger partial charge is 0.334 e. The summed E-state index contributed by atoms with van der Waals surface area (Å²) in [6.07, 6.45) is 4.62. The highest BCUT2D eigenvalue weighted by molar-refractivity contribution is 5.91. The third kappa shape index (κ3) is 5.45. The molecule has 0 aromatic heterocycles. The second-order valence-corrected chi connectivity index (χ2v) is 9.08. The fraction of sp³-hybridized carbons (Fsp3) is 0.625. The first kappa shape index (κ1) is 23.3. The first-order chi connectivity index (χ1) is 14.5. The van der Waals surface area contributed by atoms with Gasteiger partial charge in [0, 0.05) is 32.3 Å². The molecule has 0 bridgehead atoms. The summed E-state index contributed by atoms with van der Waals surface area (Å²) in [4.78, 5) is 35.9. The van der Waals surface area contributed by atoms with Crippen molar-refractivity contribution in [3.05, 3.63) is 35.5 Å². The van der Waals surface area contributed by atoms with Gasteiger partial charge in [-0.2, -0.15) is 0 Å². The Morgan fingerprint density at radius 2 is 1.81 bits per heavy atom. The Morgan fingerprint density at radius 3 is 2.45 bits per heavy atom. The standard InChI is InChI=1S/C24H32O7/c1-13-8-7-9-24(6)22(31-24)21-20(15(3)23(27)30-21)19(29-17(5)26)12-14(2)11-18(10-13)28-16(4)25/h8,11,18-22H,3,7,9-10,12H2,1-2,4-6H3. The summed E-state index contributed by atoms with van der Waals surface area (Å²) in [7, 11) is 0. The Morgan fingerprint density at radius 1 is 1.13 bits per heavy atom. The molecule has 7 heteroatoms. The highest BCUT2D eigenvalue weighted by Crippen LogP contribution is 2.49. The molecule has 0 amide bonds. The van der Waals surface area contributed by atoms with Crippen LogP contribution in [-0.2, 0) is 33.3 Å². The number of esters is 3. The minimum atomic E-state index is -0.635. The van der Waals surface area contributed by atoms with Gasteiger partial charge in [-0.3, -0.25) is 9.59 Å². The van der Waals surface area contributed by atoms with E-state index in [1.165, 1.54) is 13.8 Å². The van der Waals surface area contributed by atoms with Crippen molar-refractivity contribution >= 4 is 17.9 Å². The number of hydrogen-bond donors (Lipinski definition) is 0. The van der Waals surface area contributed by atoms with E-state index in [2.05, 4.69) is 12.7 Å². The summed E-state index contributed by atoms with van der Waals surface area (Å²) in [5, 5.41) is 0. The van der Waals surface area contributed by atoms with Crippen LogP contribution in [0.2, 0.25) is 0 Å². The van der Waals surface area contributed by atoms with Crippen molar-refractivity contribution in [2.75, 3.05) is 0 Å². The van der Waals surface area contributed by atoms with Crippen LogP contribution in [0.25, 0.3) is 0 Å². The van der Waals surface area contributed by atoms with E-state index in [1.807, 2.05) is 26.8 Å². The topological polar surface area (TPSA) is 91.4 Å². The SMILES string of the molecule is C=C1C(=O)OC2C1C(OC(C)=O)CC(C)=CC(OC(C)=O)CC(C)=CCCC1(C)OC21. The molecule has 0 saturated carbocycles. The maximum Gasteiger partial charge on any atom is 0.334 e. The average Bonchev–Trinajstić information content (AvgIpc) is 3.20. The fourth-order valence-electron chi connectivity index (χ4n) is 4.68. The van der Waals surface area contributed by atoms with Gasteiger partial charge < -0.3 is 18.9 Å². The molecule has 170 valence electrons. The molecular weight excluding hydrogens is 400 g/mol. The number of ether oxygens (including phenoxy) is 4. The molecule has 2 saturated heterocycles. The third-order valence-electron chi connectivity index (χ3n) is 6.19. The van der Waals surface area contributed by atoms with Gasteiger partial charge in [0.25, 0.3) is 0 Å². The quantitative estimate of drug-likeness (QED) is 0.217. The van der Waals surface area contributed by atoms with E-state index in [4.69, 9.17) is 18.9 Å². The Kier molecular flexibility index (Phi) is 6.74. The van der Waals surface area contributed by atoms with Gasteiger partial charge in [0.1, 0.15) is 24.4 Å². The number of fused-ring (bicyclic) bond motifs is 3. The molecule has 1 aliphatic carbocycles. The maximum atomic E-state index is 12.4. The lowest BCUT2D eigenvalue weighted by Gasteiger charge is -2.27. The molecule has 2 aliphatic heterocycles. The monoisotopic (exact) mass is 432 g/mol. The van der Waals surface area contributed by atoms with Gasteiger partial charge in [-0.1, -0.05) is 23.8 Å². The second kappa shape index (κ2) is 8.99. The average molecular weight is 433 g/mol. The zero-order valence-corrected chi connectivity index (χ0v) is 18.9. The predicted octanol–water partition coefficient (Wildman–Crippen LogP) is 3.57. The van der Waals surface area contributed by atoms with Crippen LogP contribution >= 0.6 is 0 Å². The molecule has 2 fully saturated rings. The van der Waals surface area contributed by atoms with Crippen molar-refractivity contribution in [2.45, 2.75) is 90.3 Å². The molecule has 3 rings (SSSR count). The molecule has 2 heterocycles. The molecule has 0 radical (unpaired) electrons. The van der Waals surface area contributed by atoms with Gasteiger partial charge in [0.05, 0.1) is 11.5 Å². The molecule has 6 unspecified atom stereocenters. The van der Waals surface area contributed by atoms with Gasteiger partial charge in [-0.05, 0) is 39.7 Å². The van der Waals surface area contributed by atoms with Gasteiger partial charge >= 0.3 is 17.9 Å². The van der Waals surface area contributed by atoms with Crippen LogP contribution in [0.15, 0.2) is 35.5 Å². The van der Waals surface area contributed by atoms with E-state index in [0.717, 1.165) is 24.0 Å². The molecule has 6 atom stereocenters. The van der Waals surface area contributed by atoms with E-state index in [9.17, 15) is 14.4 Å². The molecule has 0 aromatic carbocycles. The molecule has 3 aliphatic rings. The Bertz CT molecular complexity index is 839. The second-order valence-electron chi connectivity index (χ2n) is 9.08. The van der Waals surface area contributed by atoms with Gasteiger partial charge in [0.15, 0.2) is 0 Å². The number of epoxide rings is 1. The van der Waals surface area contributed by atoms with Crippen molar-refractivity contribution in [1.82, 2.24) is 0 Å². The summed E-state index contributed by atoms with van der Waals surface area (Å²) in [6, 6.07) is 0. The molecule has 0 N–H and O–H groups in total. The molecule has 31 heavy (non-hydrogen) atoms. The molecular formula is C24H32O7. The van der Waals surface area contributed by atoms with Crippen molar-refractivity contribution in [2.24, 2.45) is 5.92 Å². The van der Waals surface area contributed by atoms with Crippen LogP contribution in [0.3, 0.4) is 0 Å². The van der Waals surface area contributed by atoms with E-state index >= 15 is 0 Å². The van der Waals surface area contributed by atoms with Crippen molar-refractivity contribution in [3.8, 4) is 0 Å². The maximum absolute atomic E-state index is 12.4. The number of rotatable bonds is 2. The lowest BCUT2D eigenvalue weighted by atomic mass is 9.83. The highest BCUT2D eigenvalue weighted by atomic mass is 16.6. The van der Waals surface area contributed by atoms with E-state index in [0.29, 0.717) is 18.4 Å². The Labute approximate surface area is 183 Å². The summed E-state index contributed by atoms with van der Waals surface area (Å²) in [6.45, 7) is 12.6. The summed E-state index contributed by atoms with van der Waals surface area (Å²) >= 11 is 0. The first-order valence-electron chi connectivity index (χ1n) is 10.7. The zero-order chi connectivity index (χ0) is 22.9. The van der Waals surface area contributed by atoms with Crippen molar-refractivity contribution < 1.29 is 33.3 Å². The number of carbonyl (C=O) groups is 3. The summed E-state index contributed by atoms with van der Waals surface area (Å²) in [5.74, 6) is -1.78. The van der Waals surface area contributed by atoms with Crippen molar-refractivity contribution in [1.29, 1.82) is 0 Å². The molecule has 0 aromatic rings. The minimum Gasteiger partial charge on any atom is -0.461 e. The van der Waals surface area contributed by atoms with Crippen LogP contribution in [0.4, 0.5) is 0 Å². The van der Waals surface area contributed by atoms with E-state index < -0.39 is 41.8 Å². The normalized spacial score (nSPS) is 36.1. The lowest BCUT2D eigenvalue weighted by Crippen LogP contribution is -2.38. The Balaban J connectivity index is 1.98. The number of allylic oxidation sites excluding steroid dienone is 1. The lowest BCUT2D eigenvalue weighted by molar-refractivity contribution is -0.150. The van der Waals surface area contributed by atoms with Crippen LogP contribution in [0.1, 0.15) is 60.3 Å². The minimum absolute atomic E-state index is 0.270.